The lowest BCUT2D eigenvalue weighted by Crippen LogP contribution is -2.27. The van der Waals surface area contributed by atoms with Gasteiger partial charge in [-0.2, -0.15) is 5.10 Å². The van der Waals surface area contributed by atoms with Crippen molar-refractivity contribution in [3.05, 3.63) is 54.6 Å². The highest BCUT2D eigenvalue weighted by Gasteiger charge is 2.14. The molecule has 0 aromatic heterocycles. The predicted molar refractivity (Wildman–Crippen MR) is 101 cm³/mol. The zero-order valence-electron chi connectivity index (χ0n) is 14.6. The molecule has 1 amide bonds. The number of hydrazone groups is 1. The van der Waals surface area contributed by atoms with E-state index in [0.29, 0.717) is 11.7 Å². The van der Waals surface area contributed by atoms with Crippen molar-refractivity contribution in [2.75, 3.05) is 6.61 Å². The zero-order chi connectivity index (χ0) is 17.5. The minimum absolute atomic E-state index is 0.0307. The number of ether oxygens (including phenoxy) is 1. The monoisotopic (exact) mass is 336 g/mol. The lowest BCUT2D eigenvalue weighted by atomic mass is 9.89. The Morgan fingerprint density at radius 1 is 1.12 bits per heavy atom. The van der Waals surface area contributed by atoms with Gasteiger partial charge in [0, 0.05) is 5.71 Å². The van der Waals surface area contributed by atoms with Gasteiger partial charge in [0.2, 0.25) is 0 Å². The molecular weight excluding hydrogens is 312 g/mol. The molecule has 1 atom stereocenters. The van der Waals surface area contributed by atoms with Crippen molar-refractivity contribution in [2.45, 2.75) is 32.6 Å². The molecule has 4 nitrogen and oxygen atoms in total. The van der Waals surface area contributed by atoms with Gasteiger partial charge < -0.3 is 4.74 Å². The summed E-state index contributed by atoms with van der Waals surface area (Å²) in [5.74, 6) is 1.11. The molecule has 1 aliphatic rings. The molecule has 25 heavy (non-hydrogen) atoms. The molecule has 130 valence electrons. The Hall–Kier alpha value is -2.62. The van der Waals surface area contributed by atoms with Crippen molar-refractivity contribution in [1.29, 1.82) is 0 Å². The van der Waals surface area contributed by atoms with E-state index in [0.717, 1.165) is 36.1 Å². The molecule has 3 rings (SSSR count). The van der Waals surface area contributed by atoms with Crippen molar-refractivity contribution in [2.24, 2.45) is 11.0 Å². The summed E-state index contributed by atoms with van der Waals surface area (Å²) in [6.45, 7) is 2.19. The van der Waals surface area contributed by atoms with Crippen molar-refractivity contribution < 1.29 is 9.53 Å². The summed E-state index contributed by atoms with van der Waals surface area (Å²) in [6.07, 6.45) is 4.35. The van der Waals surface area contributed by atoms with Crippen LogP contribution in [0, 0.1) is 5.92 Å². The van der Waals surface area contributed by atoms with Crippen LogP contribution in [0.2, 0.25) is 0 Å². The Labute approximate surface area is 148 Å². The third kappa shape index (κ3) is 5.18. The molecule has 0 spiro atoms. The first kappa shape index (κ1) is 17.2. The number of carbonyl (C=O) groups is 1. The van der Waals surface area contributed by atoms with E-state index in [9.17, 15) is 4.79 Å². The van der Waals surface area contributed by atoms with Gasteiger partial charge in [0.15, 0.2) is 6.61 Å². The standard InChI is InChI=1S/C21H24N2O2/c1-16-6-5-9-19(14-16)22-23-21(24)15-25-20-12-10-18(11-13-20)17-7-3-2-4-8-17/h2-4,7-8,10-13,16H,5-6,9,14-15H2,1H3,(H,23,24). The fraction of sp³-hybridized carbons (Fsp3) is 0.333. The summed E-state index contributed by atoms with van der Waals surface area (Å²) >= 11 is 0. The number of rotatable bonds is 5. The molecular formula is C21H24N2O2. The lowest BCUT2D eigenvalue weighted by Gasteiger charge is -2.18. The van der Waals surface area contributed by atoms with Crippen LogP contribution in [-0.2, 0) is 4.79 Å². The number of hydrogen-bond donors (Lipinski definition) is 1. The van der Waals surface area contributed by atoms with Crippen LogP contribution in [0.3, 0.4) is 0 Å². The first-order valence-electron chi connectivity index (χ1n) is 8.83. The average molecular weight is 336 g/mol. The van der Waals surface area contributed by atoms with Crippen molar-refractivity contribution >= 4 is 11.6 Å². The zero-order valence-corrected chi connectivity index (χ0v) is 14.6. The molecule has 0 aliphatic heterocycles. The largest absolute Gasteiger partial charge is 0.484 e. The van der Waals surface area contributed by atoms with E-state index in [1.54, 1.807) is 0 Å². The third-order valence-corrected chi connectivity index (χ3v) is 4.42. The van der Waals surface area contributed by atoms with Crippen LogP contribution in [0.5, 0.6) is 5.75 Å². The van der Waals surface area contributed by atoms with Gasteiger partial charge in [-0.25, -0.2) is 5.43 Å². The Morgan fingerprint density at radius 2 is 1.84 bits per heavy atom. The molecule has 0 saturated heterocycles. The summed E-state index contributed by atoms with van der Waals surface area (Å²) in [5, 5.41) is 4.24. The highest BCUT2D eigenvalue weighted by Crippen LogP contribution is 2.22. The van der Waals surface area contributed by atoms with Gasteiger partial charge in [-0.05, 0) is 54.9 Å². The van der Waals surface area contributed by atoms with E-state index in [-0.39, 0.29) is 12.5 Å². The highest BCUT2D eigenvalue weighted by molar-refractivity contribution is 5.87. The first-order chi connectivity index (χ1) is 12.2. The van der Waals surface area contributed by atoms with Crippen molar-refractivity contribution in [3.63, 3.8) is 0 Å². The van der Waals surface area contributed by atoms with Crippen molar-refractivity contribution in [3.8, 4) is 16.9 Å². The summed E-state index contributed by atoms with van der Waals surface area (Å²) in [7, 11) is 0. The number of nitrogens with zero attached hydrogens (tertiary/aromatic N) is 1. The van der Waals surface area contributed by atoms with Crippen LogP contribution in [0.4, 0.5) is 0 Å². The quantitative estimate of drug-likeness (QED) is 0.822. The third-order valence-electron chi connectivity index (χ3n) is 4.42. The second-order valence-corrected chi connectivity index (χ2v) is 6.59. The molecule has 2 aromatic carbocycles. The maximum absolute atomic E-state index is 11.9. The summed E-state index contributed by atoms with van der Waals surface area (Å²) in [5.41, 5.74) is 5.96. The van der Waals surface area contributed by atoms with Gasteiger partial charge in [0.1, 0.15) is 5.75 Å². The van der Waals surface area contributed by atoms with E-state index in [2.05, 4.69) is 29.6 Å². The molecule has 1 saturated carbocycles. The highest BCUT2D eigenvalue weighted by atomic mass is 16.5. The van der Waals surface area contributed by atoms with Crippen molar-refractivity contribution in [1.82, 2.24) is 5.43 Å². The van der Waals surface area contributed by atoms with E-state index >= 15 is 0 Å². The Balaban J connectivity index is 1.48. The molecule has 2 aromatic rings. The Bertz CT molecular complexity index is 723. The van der Waals surface area contributed by atoms with E-state index in [1.165, 1.54) is 6.42 Å². The van der Waals surface area contributed by atoms with Gasteiger partial charge in [-0.1, -0.05) is 49.4 Å². The van der Waals surface area contributed by atoms with Crippen LogP contribution < -0.4 is 10.2 Å². The molecule has 4 heteroatoms. The van der Waals surface area contributed by atoms with Gasteiger partial charge in [-0.3, -0.25) is 4.79 Å². The second kappa shape index (κ2) is 8.47. The van der Waals surface area contributed by atoms with E-state index in [4.69, 9.17) is 4.74 Å². The average Bonchev–Trinajstić information content (AvgIpc) is 2.66. The second-order valence-electron chi connectivity index (χ2n) is 6.59. The Kier molecular flexibility index (Phi) is 5.83. The van der Waals surface area contributed by atoms with Crippen LogP contribution in [-0.4, -0.2) is 18.2 Å². The molecule has 0 heterocycles. The molecule has 1 unspecified atom stereocenters. The molecule has 0 bridgehead atoms. The number of benzene rings is 2. The summed E-state index contributed by atoms with van der Waals surface area (Å²) < 4.78 is 5.54. The SMILES string of the molecule is CC1CCCC(=NNC(=O)COc2ccc(-c3ccccc3)cc2)C1. The molecule has 1 N–H and O–H groups in total. The van der Waals surface area contributed by atoms with Gasteiger partial charge in [0.05, 0.1) is 0 Å². The Morgan fingerprint density at radius 3 is 2.56 bits per heavy atom. The van der Waals surface area contributed by atoms with Crippen LogP contribution >= 0.6 is 0 Å². The fourth-order valence-electron chi connectivity index (χ4n) is 3.06. The van der Waals surface area contributed by atoms with Crippen LogP contribution in [0.1, 0.15) is 32.6 Å². The summed E-state index contributed by atoms with van der Waals surface area (Å²) in [6, 6.07) is 17.9. The maximum atomic E-state index is 11.9. The van der Waals surface area contributed by atoms with E-state index < -0.39 is 0 Å². The topological polar surface area (TPSA) is 50.7 Å². The summed E-state index contributed by atoms with van der Waals surface area (Å²) in [4.78, 5) is 11.9. The molecule has 1 aliphatic carbocycles. The van der Waals surface area contributed by atoms with Gasteiger partial charge in [0.25, 0.3) is 5.91 Å². The van der Waals surface area contributed by atoms with Gasteiger partial charge >= 0.3 is 0 Å². The van der Waals surface area contributed by atoms with E-state index in [1.807, 2.05) is 42.5 Å². The number of carbonyl (C=O) groups excluding carboxylic acids is 1. The first-order valence-corrected chi connectivity index (χ1v) is 8.83. The van der Waals surface area contributed by atoms with Gasteiger partial charge in [-0.15, -0.1) is 0 Å². The smallest absolute Gasteiger partial charge is 0.277 e. The van der Waals surface area contributed by atoms with Crippen LogP contribution in [0.25, 0.3) is 11.1 Å². The minimum Gasteiger partial charge on any atom is -0.484 e. The number of hydrogen-bond acceptors (Lipinski definition) is 3. The molecule has 1 fully saturated rings. The minimum atomic E-state index is -0.224. The fourth-order valence-corrected chi connectivity index (χ4v) is 3.06. The maximum Gasteiger partial charge on any atom is 0.277 e. The number of nitrogens with one attached hydrogen (secondary N) is 1. The predicted octanol–water partition coefficient (Wildman–Crippen LogP) is 4.41. The van der Waals surface area contributed by atoms with Crippen LogP contribution in [0.15, 0.2) is 59.7 Å². The lowest BCUT2D eigenvalue weighted by molar-refractivity contribution is -0.123. The molecule has 0 radical (unpaired) electrons. The number of amides is 1. The normalized spacial score (nSPS) is 18.8.